The number of nitrogens with zero attached hydrogens (tertiary/aromatic N) is 1. The number of rotatable bonds is 2. The van der Waals surface area contributed by atoms with Crippen LogP contribution < -0.4 is 4.90 Å². The van der Waals surface area contributed by atoms with Crippen molar-refractivity contribution in [2.75, 3.05) is 19.1 Å². The van der Waals surface area contributed by atoms with Crippen LogP contribution in [0.5, 0.6) is 0 Å². The number of hydrogen-bond acceptors (Lipinski definition) is 3. The maximum absolute atomic E-state index is 13.4. The van der Waals surface area contributed by atoms with Gasteiger partial charge in [0.25, 0.3) is 0 Å². The molecule has 0 amide bonds. The molecule has 0 radical (unpaired) electrons. The molecule has 0 N–H and O–H groups in total. The number of hydrogen-bond donors (Lipinski definition) is 0. The van der Waals surface area contributed by atoms with E-state index in [0.29, 0.717) is 18.4 Å². The maximum Gasteiger partial charge on any atom is 0.337 e. The Morgan fingerprint density at radius 3 is 2.61 bits per heavy atom. The van der Waals surface area contributed by atoms with Gasteiger partial charge in [0.2, 0.25) is 5.92 Å². The zero-order valence-electron chi connectivity index (χ0n) is 13.2. The number of likely N-dealkylation sites (N-methyl/N-ethyl adjacent to an activating group) is 1. The van der Waals surface area contributed by atoms with Gasteiger partial charge in [-0.05, 0) is 36.5 Å². The van der Waals surface area contributed by atoms with Gasteiger partial charge in [-0.15, -0.1) is 0 Å². The predicted molar refractivity (Wildman–Crippen MR) is 88.5 cm³/mol. The number of benzene rings is 1. The van der Waals surface area contributed by atoms with Crippen molar-refractivity contribution in [3.63, 3.8) is 0 Å². The summed E-state index contributed by atoms with van der Waals surface area (Å²) in [5.41, 5.74) is 2.60. The van der Waals surface area contributed by atoms with E-state index in [4.69, 9.17) is 4.74 Å². The molecule has 0 spiro atoms. The van der Waals surface area contributed by atoms with Gasteiger partial charge in [0.15, 0.2) is 0 Å². The number of ether oxygens (including phenoxy) is 1. The third-order valence-electron chi connectivity index (χ3n) is 5.13. The van der Waals surface area contributed by atoms with Crippen LogP contribution >= 0.6 is 15.9 Å². The van der Waals surface area contributed by atoms with Crippen molar-refractivity contribution in [3.8, 4) is 0 Å². The van der Waals surface area contributed by atoms with E-state index in [1.165, 1.54) is 7.11 Å². The lowest BCUT2D eigenvalue weighted by atomic mass is 9.76. The zero-order chi connectivity index (χ0) is 16.8. The average molecular weight is 388 g/mol. The summed E-state index contributed by atoms with van der Waals surface area (Å²) in [6.07, 6.45) is 0.998. The molecule has 1 aromatic carbocycles. The molecule has 0 saturated heterocycles. The van der Waals surface area contributed by atoms with Gasteiger partial charge in [0.05, 0.1) is 17.6 Å². The van der Waals surface area contributed by atoms with E-state index < -0.39 is 5.92 Å². The second kappa shape index (κ2) is 6.04. The van der Waals surface area contributed by atoms with Crippen LogP contribution in [0.3, 0.4) is 0 Å². The van der Waals surface area contributed by atoms with Crippen LogP contribution in [0.15, 0.2) is 18.2 Å². The molecular weight excluding hydrogens is 368 g/mol. The van der Waals surface area contributed by atoms with Crippen molar-refractivity contribution < 1.29 is 18.3 Å². The SMILES string of the molecule is COC(=O)c1ccc2c(c1)N(C)C(Br)C2C1CCC(F)(F)CC1. The molecule has 3 nitrogen and oxygen atoms in total. The summed E-state index contributed by atoms with van der Waals surface area (Å²) >= 11 is 3.72. The lowest BCUT2D eigenvalue weighted by Gasteiger charge is -2.34. The topological polar surface area (TPSA) is 29.5 Å². The molecule has 2 atom stereocenters. The number of carbonyl (C=O) groups is 1. The number of methoxy groups -OCH3 is 1. The molecular formula is C17H20BrF2NO2. The third-order valence-corrected chi connectivity index (χ3v) is 6.31. The van der Waals surface area contributed by atoms with Gasteiger partial charge in [-0.1, -0.05) is 22.0 Å². The lowest BCUT2D eigenvalue weighted by Crippen LogP contribution is -2.33. The van der Waals surface area contributed by atoms with E-state index in [9.17, 15) is 13.6 Å². The predicted octanol–water partition coefficient (Wildman–Crippen LogP) is 4.55. The van der Waals surface area contributed by atoms with E-state index in [1.807, 2.05) is 19.2 Å². The highest BCUT2D eigenvalue weighted by molar-refractivity contribution is 9.09. The average Bonchev–Trinajstić information content (AvgIpc) is 2.78. The van der Waals surface area contributed by atoms with Gasteiger partial charge >= 0.3 is 5.97 Å². The van der Waals surface area contributed by atoms with Crippen molar-refractivity contribution in [3.05, 3.63) is 29.3 Å². The number of fused-ring (bicyclic) bond motifs is 1. The maximum atomic E-state index is 13.4. The highest BCUT2D eigenvalue weighted by atomic mass is 79.9. The molecule has 126 valence electrons. The van der Waals surface area contributed by atoms with Gasteiger partial charge in [0.1, 0.15) is 0 Å². The molecule has 1 aliphatic heterocycles. The summed E-state index contributed by atoms with van der Waals surface area (Å²) < 4.78 is 31.7. The summed E-state index contributed by atoms with van der Waals surface area (Å²) in [4.78, 5) is 13.8. The summed E-state index contributed by atoms with van der Waals surface area (Å²) in [5, 5.41) is 0. The zero-order valence-corrected chi connectivity index (χ0v) is 14.8. The van der Waals surface area contributed by atoms with Crippen LogP contribution in [-0.4, -0.2) is 31.0 Å². The Kier molecular flexibility index (Phi) is 4.38. The smallest absolute Gasteiger partial charge is 0.337 e. The lowest BCUT2D eigenvalue weighted by molar-refractivity contribution is -0.0482. The largest absolute Gasteiger partial charge is 0.465 e. The first-order valence-electron chi connectivity index (χ1n) is 7.81. The minimum atomic E-state index is -2.51. The minimum Gasteiger partial charge on any atom is -0.465 e. The fraction of sp³-hybridized carbons (Fsp3) is 0.588. The molecule has 2 aliphatic rings. The number of alkyl halides is 3. The van der Waals surface area contributed by atoms with E-state index >= 15 is 0 Å². The van der Waals surface area contributed by atoms with Crippen molar-refractivity contribution in [1.29, 1.82) is 0 Å². The van der Waals surface area contributed by atoms with Crippen molar-refractivity contribution >= 4 is 27.6 Å². The summed E-state index contributed by atoms with van der Waals surface area (Å²) in [6.45, 7) is 0. The van der Waals surface area contributed by atoms with E-state index in [1.54, 1.807) is 6.07 Å². The Hall–Kier alpha value is -1.17. The minimum absolute atomic E-state index is 0.0345. The highest BCUT2D eigenvalue weighted by Gasteiger charge is 2.44. The first-order chi connectivity index (χ1) is 10.8. The Bertz CT molecular complexity index is 613. The van der Waals surface area contributed by atoms with Gasteiger partial charge in [0, 0.05) is 31.5 Å². The molecule has 1 aliphatic carbocycles. The molecule has 1 aromatic rings. The fourth-order valence-electron chi connectivity index (χ4n) is 3.80. The number of esters is 1. The van der Waals surface area contributed by atoms with Crippen molar-refractivity contribution in [1.82, 2.24) is 0 Å². The Morgan fingerprint density at radius 2 is 2.00 bits per heavy atom. The summed E-state index contributed by atoms with van der Waals surface area (Å²) in [7, 11) is 3.31. The van der Waals surface area contributed by atoms with Gasteiger partial charge in [-0.3, -0.25) is 0 Å². The van der Waals surface area contributed by atoms with Gasteiger partial charge < -0.3 is 9.64 Å². The van der Waals surface area contributed by atoms with Gasteiger partial charge in [-0.2, -0.15) is 0 Å². The molecule has 0 aromatic heterocycles. The standard InChI is InChI=1S/C17H20BrF2NO2/c1-21-13-9-11(16(22)23-2)3-4-12(13)14(15(21)18)10-5-7-17(19,20)8-6-10/h3-4,9-10,14-15H,5-8H2,1-2H3. The summed E-state index contributed by atoms with van der Waals surface area (Å²) in [6, 6.07) is 5.53. The van der Waals surface area contributed by atoms with Crippen LogP contribution in [0.2, 0.25) is 0 Å². The van der Waals surface area contributed by atoms with E-state index in [0.717, 1.165) is 11.3 Å². The molecule has 2 unspecified atom stereocenters. The Labute approximate surface area is 143 Å². The Morgan fingerprint density at radius 1 is 1.35 bits per heavy atom. The second-order valence-electron chi connectivity index (χ2n) is 6.47. The van der Waals surface area contributed by atoms with Crippen LogP contribution in [0.25, 0.3) is 0 Å². The van der Waals surface area contributed by atoms with Gasteiger partial charge in [-0.25, -0.2) is 13.6 Å². The molecule has 1 heterocycles. The van der Waals surface area contributed by atoms with E-state index in [2.05, 4.69) is 20.8 Å². The van der Waals surface area contributed by atoms with Crippen molar-refractivity contribution in [2.45, 2.75) is 42.5 Å². The quantitative estimate of drug-likeness (QED) is 0.423. The molecule has 23 heavy (non-hydrogen) atoms. The number of carbonyl (C=O) groups excluding carboxylic acids is 1. The molecule has 0 bridgehead atoms. The van der Waals surface area contributed by atoms with Crippen molar-refractivity contribution in [2.24, 2.45) is 5.92 Å². The second-order valence-corrected chi connectivity index (χ2v) is 7.41. The highest BCUT2D eigenvalue weighted by Crippen LogP contribution is 2.51. The fourth-order valence-corrected chi connectivity index (χ4v) is 4.73. The molecule has 1 fully saturated rings. The first kappa shape index (κ1) is 16.7. The Balaban J connectivity index is 1.89. The van der Waals surface area contributed by atoms with Crippen LogP contribution in [0.4, 0.5) is 14.5 Å². The van der Waals surface area contributed by atoms with E-state index in [-0.39, 0.29) is 35.6 Å². The molecule has 6 heteroatoms. The van der Waals surface area contributed by atoms with Crippen LogP contribution in [0.1, 0.15) is 47.5 Å². The summed E-state index contributed by atoms with van der Waals surface area (Å²) in [5.74, 6) is -2.49. The first-order valence-corrected chi connectivity index (χ1v) is 8.72. The number of anilines is 1. The third kappa shape index (κ3) is 2.97. The number of halogens is 3. The molecule has 1 saturated carbocycles. The monoisotopic (exact) mass is 387 g/mol. The van der Waals surface area contributed by atoms with Crippen LogP contribution in [0, 0.1) is 5.92 Å². The van der Waals surface area contributed by atoms with Crippen LogP contribution in [-0.2, 0) is 4.74 Å². The normalized spacial score (nSPS) is 26.9. The molecule has 3 rings (SSSR count).